The minimum atomic E-state index is -1.12. The molecule has 1 amide bonds. The maximum atomic E-state index is 11.8. The van der Waals surface area contributed by atoms with E-state index in [9.17, 15) is 14.4 Å². The molecule has 0 saturated heterocycles. The molecule has 0 heterocycles. The van der Waals surface area contributed by atoms with Crippen molar-refractivity contribution >= 4 is 17.8 Å². The summed E-state index contributed by atoms with van der Waals surface area (Å²) in [6.07, 6.45) is 0. The minimum absolute atomic E-state index is 0.00791. The first kappa shape index (κ1) is 16.4. The lowest BCUT2D eigenvalue weighted by atomic mass is 10.1. The van der Waals surface area contributed by atoms with Crippen molar-refractivity contribution in [2.75, 3.05) is 7.11 Å². The number of benzene rings is 1. The molecule has 0 saturated carbocycles. The summed E-state index contributed by atoms with van der Waals surface area (Å²) in [4.78, 5) is 33.8. The molecule has 6 nitrogen and oxygen atoms in total. The Kier molecular flexibility index (Phi) is 5.66. The first-order valence-corrected chi connectivity index (χ1v) is 6.23. The van der Waals surface area contributed by atoms with Crippen LogP contribution < -0.4 is 5.32 Å². The molecule has 1 aromatic rings. The number of carbonyl (C=O) groups excluding carboxylic acids is 2. The van der Waals surface area contributed by atoms with Gasteiger partial charge in [0.15, 0.2) is 0 Å². The van der Waals surface area contributed by atoms with Crippen LogP contribution in [0.25, 0.3) is 0 Å². The van der Waals surface area contributed by atoms with Crippen LogP contribution in [0, 0.1) is 0 Å². The van der Waals surface area contributed by atoms with Crippen LogP contribution in [0.5, 0.6) is 0 Å². The maximum Gasteiger partial charge on any atom is 0.337 e. The number of rotatable bonds is 5. The van der Waals surface area contributed by atoms with E-state index in [4.69, 9.17) is 5.11 Å². The third kappa shape index (κ3) is 4.45. The van der Waals surface area contributed by atoms with Crippen molar-refractivity contribution < 1.29 is 24.2 Å². The maximum absolute atomic E-state index is 11.8. The van der Waals surface area contributed by atoms with Crippen molar-refractivity contribution in [1.29, 1.82) is 0 Å². The van der Waals surface area contributed by atoms with Crippen molar-refractivity contribution in [1.82, 2.24) is 5.32 Å². The zero-order valence-corrected chi connectivity index (χ0v) is 12.1. The molecule has 0 atom stereocenters. The van der Waals surface area contributed by atoms with Crippen LogP contribution in [0.4, 0.5) is 0 Å². The van der Waals surface area contributed by atoms with Gasteiger partial charge in [-0.2, -0.15) is 0 Å². The van der Waals surface area contributed by atoms with E-state index in [-0.39, 0.29) is 17.7 Å². The van der Waals surface area contributed by atoms with Crippen LogP contribution in [0.2, 0.25) is 0 Å². The lowest BCUT2D eigenvalue weighted by molar-refractivity contribution is -0.133. The predicted molar refractivity (Wildman–Crippen MR) is 75.6 cm³/mol. The van der Waals surface area contributed by atoms with Gasteiger partial charge in [0.1, 0.15) is 0 Å². The Morgan fingerprint density at radius 2 is 1.67 bits per heavy atom. The van der Waals surface area contributed by atoms with E-state index in [0.29, 0.717) is 5.56 Å². The van der Waals surface area contributed by atoms with Crippen LogP contribution >= 0.6 is 0 Å². The summed E-state index contributed by atoms with van der Waals surface area (Å²) in [6, 6.07) is 6.57. The van der Waals surface area contributed by atoms with Crippen molar-refractivity contribution in [3.8, 4) is 0 Å². The molecule has 112 valence electrons. The van der Waals surface area contributed by atoms with E-state index >= 15 is 0 Å². The SMILES string of the molecule is COC(=O)c1ccc(CNC(=O)C(C)=C(C)C(=O)O)cc1. The van der Waals surface area contributed by atoms with Crippen molar-refractivity contribution in [3.63, 3.8) is 0 Å². The number of hydrogen-bond donors (Lipinski definition) is 2. The van der Waals surface area contributed by atoms with E-state index < -0.39 is 17.8 Å². The molecule has 6 heteroatoms. The van der Waals surface area contributed by atoms with Gasteiger partial charge >= 0.3 is 11.9 Å². The molecule has 2 N–H and O–H groups in total. The fourth-order valence-electron chi connectivity index (χ4n) is 1.52. The Hall–Kier alpha value is -2.63. The van der Waals surface area contributed by atoms with E-state index in [2.05, 4.69) is 10.1 Å². The monoisotopic (exact) mass is 291 g/mol. The van der Waals surface area contributed by atoms with Crippen LogP contribution in [0.1, 0.15) is 29.8 Å². The molecule has 0 spiro atoms. The highest BCUT2D eigenvalue weighted by atomic mass is 16.5. The van der Waals surface area contributed by atoms with Gasteiger partial charge in [-0.05, 0) is 31.5 Å². The number of esters is 1. The van der Waals surface area contributed by atoms with Gasteiger partial charge < -0.3 is 15.2 Å². The fourth-order valence-corrected chi connectivity index (χ4v) is 1.52. The smallest absolute Gasteiger partial charge is 0.337 e. The lowest BCUT2D eigenvalue weighted by Crippen LogP contribution is -2.25. The number of hydrogen-bond acceptors (Lipinski definition) is 4. The number of ether oxygens (including phenoxy) is 1. The second kappa shape index (κ2) is 7.23. The average molecular weight is 291 g/mol. The quantitative estimate of drug-likeness (QED) is 0.633. The molecule has 0 bridgehead atoms. The molecule has 0 unspecified atom stereocenters. The third-order valence-corrected chi connectivity index (χ3v) is 3.05. The Morgan fingerprint density at radius 1 is 1.10 bits per heavy atom. The summed E-state index contributed by atoms with van der Waals surface area (Å²) in [5.74, 6) is -1.99. The number of carboxylic acid groups (broad SMARTS) is 1. The fraction of sp³-hybridized carbons (Fsp3) is 0.267. The molecule has 1 rings (SSSR count). The number of carboxylic acids is 1. The summed E-state index contributed by atoms with van der Waals surface area (Å²) >= 11 is 0. The Balaban J connectivity index is 2.68. The molecule has 0 radical (unpaired) electrons. The molecule has 21 heavy (non-hydrogen) atoms. The number of aliphatic carboxylic acids is 1. The van der Waals surface area contributed by atoms with Gasteiger partial charge in [0.2, 0.25) is 5.91 Å². The Labute approximate surface area is 122 Å². The average Bonchev–Trinajstić information content (AvgIpc) is 2.50. The Morgan fingerprint density at radius 3 is 2.14 bits per heavy atom. The highest BCUT2D eigenvalue weighted by molar-refractivity contribution is 6.01. The van der Waals surface area contributed by atoms with E-state index in [1.165, 1.54) is 21.0 Å². The molecule has 0 aromatic heterocycles. The van der Waals surface area contributed by atoms with Gasteiger partial charge in [0.05, 0.1) is 12.7 Å². The van der Waals surface area contributed by atoms with Gasteiger partial charge in [-0.1, -0.05) is 12.1 Å². The van der Waals surface area contributed by atoms with Crippen molar-refractivity contribution in [2.24, 2.45) is 0 Å². The van der Waals surface area contributed by atoms with Gasteiger partial charge in [-0.25, -0.2) is 9.59 Å². The van der Waals surface area contributed by atoms with Crippen molar-refractivity contribution in [2.45, 2.75) is 20.4 Å². The van der Waals surface area contributed by atoms with Crippen LogP contribution in [-0.4, -0.2) is 30.1 Å². The first-order chi connectivity index (χ1) is 9.86. The molecule has 0 fully saturated rings. The normalized spacial score (nSPS) is 11.4. The predicted octanol–water partition coefficient (Wildman–Crippen LogP) is 1.51. The zero-order valence-electron chi connectivity index (χ0n) is 12.1. The molecular formula is C15H17NO5. The van der Waals surface area contributed by atoms with E-state index in [1.54, 1.807) is 24.3 Å². The highest BCUT2D eigenvalue weighted by Crippen LogP contribution is 2.07. The summed E-state index contributed by atoms with van der Waals surface area (Å²) in [6.45, 7) is 3.08. The molecular weight excluding hydrogens is 274 g/mol. The van der Waals surface area contributed by atoms with Crippen molar-refractivity contribution in [3.05, 3.63) is 46.5 Å². The van der Waals surface area contributed by atoms with Gasteiger partial charge in [0, 0.05) is 17.7 Å². The summed E-state index contributed by atoms with van der Waals surface area (Å²) in [7, 11) is 1.30. The Bertz CT molecular complexity index is 587. The first-order valence-electron chi connectivity index (χ1n) is 6.23. The van der Waals surface area contributed by atoms with E-state index in [0.717, 1.165) is 5.56 Å². The third-order valence-electron chi connectivity index (χ3n) is 3.05. The summed E-state index contributed by atoms with van der Waals surface area (Å²) in [5.41, 5.74) is 1.38. The number of carbonyl (C=O) groups is 3. The number of methoxy groups -OCH3 is 1. The topological polar surface area (TPSA) is 92.7 Å². The van der Waals surface area contributed by atoms with Gasteiger partial charge in [-0.3, -0.25) is 4.79 Å². The standard InChI is InChI=1S/C15H17NO5/c1-9(10(2)14(18)19)13(17)16-8-11-4-6-12(7-5-11)15(20)21-3/h4-7H,8H2,1-3H3,(H,16,17)(H,18,19). The van der Waals surface area contributed by atoms with Crippen LogP contribution in [0.15, 0.2) is 35.4 Å². The minimum Gasteiger partial charge on any atom is -0.478 e. The molecule has 0 aliphatic heterocycles. The largest absolute Gasteiger partial charge is 0.478 e. The summed E-state index contributed by atoms with van der Waals surface area (Å²) < 4.78 is 4.58. The highest BCUT2D eigenvalue weighted by Gasteiger charge is 2.12. The summed E-state index contributed by atoms with van der Waals surface area (Å²) in [5, 5.41) is 11.4. The zero-order chi connectivity index (χ0) is 16.0. The second-order valence-electron chi connectivity index (χ2n) is 4.43. The molecule has 1 aromatic carbocycles. The number of amides is 1. The van der Waals surface area contributed by atoms with Crippen LogP contribution in [-0.2, 0) is 20.9 Å². The second-order valence-corrected chi connectivity index (χ2v) is 4.43. The molecule has 0 aliphatic carbocycles. The van der Waals surface area contributed by atoms with Crippen LogP contribution in [0.3, 0.4) is 0 Å². The lowest BCUT2D eigenvalue weighted by Gasteiger charge is -2.07. The van der Waals surface area contributed by atoms with Gasteiger partial charge in [0.25, 0.3) is 0 Å². The van der Waals surface area contributed by atoms with E-state index in [1.807, 2.05) is 0 Å². The number of nitrogens with one attached hydrogen (secondary N) is 1. The van der Waals surface area contributed by atoms with Gasteiger partial charge in [-0.15, -0.1) is 0 Å². The molecule has 0 aliphatic rings.